The standard InChI is InChI=1S/C15H25NO/c16-15(8-17)6-13(7-15)14-11-2-9-1-10(4-11)5-12(14)3-9/h9-14,17H,1-8,16H2. The van der Waals surface area contributed by atoms with Gasteiger partial charge < -0.3 is 10.8 Å². The first kappa shape index (κ1) is 10.8. The van der Waals surface area contributed by atoms with E-state index in [-0.39, 0.29) is 12.1 Å². The molecule has 0 unspecified atom stereocenters. The molecule has 5 saturated carbocycles. The second kappa shape index (κ2) is 3.48. The lowest BCUT2D eigenvalue weighted by molar-refractivity contribution is -0.0978. The van der Waals surface area contributed by atoms with Crippen LogP contribution in [0, 0.1) is 35.5 Å². The molecule has 2 nitrogen and oxygen atoms in total. The fraction of sp³-hybridized carbons (Fsp3) is 1.00. The van der Waals surface area contributed by atoms with Gasteiger partial charge in [0.05, 0.1) is 6.61 Å². The van der Waals surface area contributed by atoms with E-state index in [0.717, 1.165) is 48.3 Å². The predicted molar refractivity (Wildman–Crippen MR) is 67.3 cm³/mol. The highest BCUT2D eigenvalue weighted by molar-refractivity contribution is 5.07. The van der Waals surface area contributed by atoms with Crippen molar-refractivity contribution in [3.05, 3.63) is 0 Å². The van der Waals surface area contributed by atoms with Gasteiger partial charge in [-0.1, -0.05) is 0 Å². The summed E-state index contributed by atoms with van der Waals surface area (Å²) in [5.74, 6) is 6.04. The van der Waals surface area contributed by atoms with Gasteiger partial charge in [-0.25, -0.2) is 0 Å². The molecule has 5 aliphatic carbocycles. The van der Waals surface area contributed by atoms with Gasteiger partial charge in [-0.2, -0.15) is 0 Å². The monoisotopic (exact) mass is 235 g/mol. The van der Waals surface area contributed by atoms with Crippen molar-refractivity contribution in [3.63, 3.8) is 0 Å². The Morgan fingerprint density at radius 2 is 1.41 bits per heavy atom. The minimum atomic E-state index is -0.209. The van der Waals surface area contributed by atoms with Crippen LogP contribution in [0.1, 0.15) is 44.9 Å². The van der Waals surface area contributed by atoms with Gasteiger partial charge >= 0.3 is 0 Å². The van der Waals surface area contributed by atoms with Gasteiger partial charge in [-0.3, -0.25) is 0 Å². The molecule has 5 aliphatic rings. The molecule has 0 radical (unpaired) electrons. The Morgan fingerprint density at radius 1 is 0.882 bits per heavy atom. The van der Waals surface area contributed by atoms with Crippen LogP contribution in [0.4, 0.5) is 0 Å². The first-order chi connectivity index (χ1) is 8.17. The van der Waals surface area contributed by atoms with Gasteiger partial charge in [0.15, 0.2) is 0 Å². The molecule has 0 amide bonds. The third kappa shape index (κ3) is 1.53. The van der Waals surface area contributed by atoms with Crippen LogP contribution in [-0.4, -0.2) is 17.3 Å². The number of nitrogens with two attached hydrogens (primary N) is 1. The average Bonchev–Trinajstić information content (AvgIpc) is 2.24. The molecule has 17 heavy (non-hydrogen) atoms. The normalized spacial score (nSPS) is 60.4. The molecule has 0 saturated heterocycles. The maximum Gasteiger partial charge on any atom is 0.0611 e. The van der Waals surface area contributed by atoms with E-state index in [1.165, 1.54) is 25.7 Å². The van der Waals surface area contributed by atoms with Crippen LogP contribution in [-0.2, 0) is 0 Å². The van der Waals surface area contributed by atoms with Crippen molar-refractivity contribution in [2.24, 2.45) is 41.2 Å². The Hall–Kier alpha value is -0.0800. The lowest BCUT2D eigenvalue weighted by atomic mass is 9.46. The highest BCUT2D eigenvalue weighted by Crippen LogP contribution is 2.61. The van der Waals surface area contributed by atoms with Crippen LogP contribution in [0.3, 0.4) is 0 Å². The molecule has 0 spiro atoms. The molecule has 4 bridgehead atoms. The van der Waals surface area contributed by atoms with Crippen molar-refractivity contribution in [1.29, 1.82) is 0 Å². The van der Waals surface area contributed by atoms with Gasteiger partial charge in [0.25, 0.3) is 0 Å². The fourth-order valence-corrected chi connectivity index (χ4v) is 6.12. The van der Waals surface area contributed by atoms with Crippen LogP contribution < -0.4 is 5.73 Å². The Bertz CT molecular complexity index is 293. The maximum atomic E-state index is 9.29. The molecule has 0 atom stereocenters. The Kier molecular flexibility index (Phi) is 2.21. The second-order valence-electron chi connectivity index (χ2n) is 7.70. The van der Waals surface area contributed by atoms with Gasteiger partial charge in [-0.15, -0.1) is 0 Å². The van der Waals surface area contributed by atoms with E-state index in [4.69, 9.17) is 5.73 Å². The van der Waals surface area contributed by atoms with Crippen molar-refractivity contribution in [3.8, 4) is 0 Å². The summed E-state index contributed by atoms with van der Waals surface area (Å²) in [4.78, 5) is 0. The van der Waals surface area contributed by atoms with E-state index in [1.807, 2.05) is 0 Å². The van der Waals surface area contributed by atoms with Crippen LogP contribution in [0.15, 0.2) is 0 Å². The number of rotatable bonds is 2. The summed E-state index contributed by atoms with van der Waals surface area (Å²) in [6.45, 7) is 0.191. The molecular formula is C15H25NO. The number of aliphatic hydroxyl groups excluding tert-OH is 1. The van der Waals surface area contributed by atoms with E-state index in [2.05, 4.69) is 0 Å². The summed E-state index contributed by atoms with van der Waals surface area (Å²) in [7, 11) is 0. The largest absolute Gasteiger partial charge is 0.394 e. The van der Waals surface area contributed by atoms with Gasteiger partial charge in [0.1, 0.15) is 0 Å². The van der Waals surface area contributed by atoms with E-state index in [1.54, 1.807) is 6.42 Å². The first-order valence-electron chi connectivity index (χ1n) is 7.56. The minimum absolute atomic E-state index is 0.191. The van der Waals surface area contributed by atoms with Crippen molar-refractivity contribution < 1.29 is 5.11 Å². The summed E-state index contributed by atoms with van der Waals surface area (Å²) in [6, 6.07) is 0. The molecule has 0 aromatic rings. The summed E-state index contributed by atoms with van der Waals surface area (Å²) < 4.78 is 0. The molecule has 0 heterocycles. The highest BCUT2D eigenvalue weighted by atomic mass is 16.3. The van der Waals surface area contributed by atoms with Crippen LogP contribution in [0.5, 0.6) is 0 Å². The topological polar surface area (TPSA) is 46.2 Å². The highest BCUT2D eigenvalue weighted by Gasteiger charge is 2.54. The third-order valence-corrected chi connectivity index (χ3v) is 6.50. The molecule has 5 fully saturated rings. The zero-order chi connectivity index (χ0) is 11.6. The van der Waals surface area contributed by atoms with E-state index < -0.39 is 0 Å². The van der Waals surface area contributed by atoms with Gasteiger partial charge in [0.2, 0.25) is 0 Å². The van der Waals surface area contributed by atoms with Crippen LogP contribution >= 0.6 is 0 Å². The molecule has 96 valence electrons. The molecule has 2 heteroatoms. The number of aliphatic hydroxyl groups is 1. The predicted octanol–water partition coefficient (Wildman–Crippen LogP) is 2.16. The second-order valence-corrected chi connectivity index (χ2v) is 7.70. The smallest absolute Gasteiger partial charge is 0.0611 e. The average molecular weight is 235 g/mol. The van der Waals surface area contributed by atoms with Crippen molar-refractivity contribution in [2.45, 2.75) is 50.5 Å². The Balaban J connectivity index is 1.49. The molecule has 0 aliphatic heterocycles. The van der Waals surface area contributed by atoms with Crippen molar-refractivity contribution in [2.75, 3.05) is 6.61 Å². The summed E-state index contributed by atoms with van der Waals surface area (Å²) in [6.07, 6.45) is 9.81. The fourth-order valence-electron chi connectivity index (χ4n) is 6.12. The lowest BCUT2D eigenvalue weighted by Crippen LogP contribution is -2.60. The number of hydrogen-bond donors (Lipinski definition) is 2. The van der Waals surface area contributed by atoms with Crippen molar-refractivity contribution >= 4 is 0 Å². The van der Waals surface area contributed by atoms with E-state index in [9.17, 15) is 5.11 Å². The van der Waals surface area contributed by atoms with Crippen LogP contribution in [0.2, 0.25) is 0 Å². The quantitative estimate of drug-likeness (QED) is 0.770. The van der Waals surface area contributed by atoms with Crippen molar-refractivity contribution in [1.82, 2.24) is 0 Å². The Morgan fingerprint density at radius 3 is 1.88 bits per heavy atom. The molecule has 0 aromatic heterocycles. The Labute approximate surface area is 104 Å². The molecule has 3 N–H and O–H groups in total. The van der Waals surface area contributed by atoms with Gasteiger partial charge in [-0.05, 0) is 80.5 Å². The molecular weight excluding hydrogens is 210 g/mol. The van der Waals surface area contributed by atoms with Crippen LogP contribution in [0.25, 0.3) is 0 Å². The van der Waals surface area contributed by atoms with E-state index >= 15 is 0 Å². The summed E-state index contributed by atoms with van der Waals surface area (Å²) >= 11 is 0. The minimum Gasteiger partial charge on any atom is -0.394 e. The molecule has 0 aromatic carbocycles. The van der Waals surface area contributed by atoms with E-state index in [0.29, 0.717) is 0 Å². The lowest BCUT2D eigenvalue weighted by Gasteiger charge is -2.60. The number of hydrogen-bond acceptors (Lipinski definition) is 2. The SMILES string of the molecule is NC1(CO)CC(C2C3CC4CC(C3)CC2C4)C1. The maximum absolute atomic E-state index is 9.29. The molecule has 5 rings (SSSR count). The van der Waals surface area contributed by atoms with Gasteiger partial charge in [0, 0.05) is 5.54 Å². The third-order valence-electron chi connectivity index (χ3n) is 6.50. The zero-order valence-corrected chi connectivity index (χ0v) is 10.6. The summed E-state index contributed by atoms with van der Waals surface area (Å²) in [5.41, 5.74) is 5.93. The zero-order valence-electron chi connectivity index (χ0n) is 10.6. The first-order valence-corrected chi connectivity index (χ1v) is 7.56. The summed E-state index contributed by atoms with van der Waals surface area (Å²) in [5, 5.41) is 9.29.